The molecular formula is C19H19NO3. The predicted octanol–water partition coefficient (Wildman–Crippen LogP) is 2.59. The summed E-state index contributed by atoms with van der Waals surface area (Å²) in [4.78, 5) is 14.6. The normalized spacial score (nSPS) is 16.2. The largest absolute Gasteiger partial charge is 0.454 e. The van der Waals surface area contributed by atoms with Crippen molar-refractivity contribution in [3.8, 4) is 11.5 Å². The van der Waals surface area contributed by atoms with Crippen molar-refractivity contribution < 1.29 is 14.3 Å². The van der Waals surface area contributed by atoms with Gasteiger partial charge in [0.1, 0.15) is 0 Å². The van der Waals surface area contributed by atoms with E-state index >= 15 is 0 Å². The maximum Gasteiger partial charge on any atom is 0.231 e. The number of carbonyl (C=O) groups is 1. The van der Waals surface area contributed by atoms with Crippen LogP contribution < -0.4 is 9.47 Å². The Morgan fingerprint density at radius 2 is 1.87 bits per heavy atom. The molecule has 0 saturated carbocycles. The van der Waals surface area contributed by atoms with Crippen LogP contribution in [-0.4, -0.2) is 30.6 Å². The summed E-state index contributed by atoms with van der Waals surface area (Å²) >= 11 is 0. The van der Waals surface area contributed by atoms with Gasteiger partial charge in [0.05, 0.1) is 6.54 Å². The third-order valence-corrected chi connectivity index (χ3v) is 4.45. The summed E-state index contributed by atoms with van der Waals surface area (Å²) in [5, 5.41) is 0. The molecule has 0 spiro atoms. The number of fused-ring (bicyclic) bond motifs is 2. The van der Waals surface area contributed by atoms with Crippen molar-refractivity contribution in [2.45, 2.75) is 19.4 Å². The van der Waals surface area contributed by atoms with E-state index in [4.69, 9.17) is 9.47 Å². The van der Waals surface area contributed by atoms with E-state index in [1.54, 1.807) is 0 Å². The van der Waals surface area contributed by atoms with Gasteiger partial charge in [-0.2, -0.15) is 0 Å². The molecule has 2 heterocycles. The van der Waals surface area contributed by atoms with Crippen LogP contribution in [0, 0.1) is 0 Å². The highest BCUT2D eigenvalue weighted by Crippen LogP contribution is 2.32. The van der Waals surface area contributed by atoms with Gasteiger partial charge >= 0.3 is 0 Å². The molecule has 0 saturated heterocycles. The maximum atomic E-state index is 12.4. The number of rotatable bonds is 4. The molecule has 0 aliphatic carbocycles. The fourth-order valence-corrected chi connectivity index (χ4v) is 3.27. The van der Waals surface area contributed by atoms with E-state index in [-0.39, 0.29) is 12.6 Å². The van der Waals surface area contributed by atoms with Gasteiger partial charge in [-0.1, -0.05) is 30.3 Å². The Kier molecular flexibility index (Phi) is 3.75. The molecule has 118 valence electrons. The van der Waals surface area contributed by atoms with Crippen LogP contribution in [-0.2, 0) is 24.2 Å². The molecular weight excluding hydrogens is 290 g/mol. The number of ketones is 1. The van der Waals surface area contributed by atoms with Crippen molar-refractivity contribution >= 4 is 5.78 Å². The lowest BCUT2D eigenvalue weighted by atomic mass is 9.99. The summed E-state index contributed by atoms with van der Waals surface area (Å²) in [6.45, 7) is 2.58. The molecule has 2 aliphatic heterocycles. The lowest BCUT2D eigenvalue weighted by Gasteiger charge is -2.28. The van der Waals surface area contributed by atoms with Crippen LogP contribution in [0.2, 0.25) is 0 Å². The van der Waals surface area contributed by atoms with Crippen molar-refractivity contribution in [1.82, 2.24) is 4.90 Å². The first-order valence-corrected chi connectivity index (χ1v) is 7.97. The van der Waals surface area contributed by atoms with E-state index in [2.05, 4.69) is 29.2 Å². The highest BCUT2D eigenvalue weighted by molar-refractivity contribution is 5.83. The predicted molar refractivity (Wildman–Crippen MR) is 86.7 cm³/mol. The minimum atomic E-state index is 0.239. The Morgan fingerprint density at radius 3 is 2.78 bits per heavy atom. The highest BCUT2D eigenvalue weighted by Gasteiger charge is 2.19. The minimum Gasteiger partial charge on any atom is -0.454 e. The summed E-state index contributed by atoms with van der Waals surface area (Å²) < 4.78 is 10.7. The smallest absolute Gasteiger partial charge is 0.231 e. The Labute approximate surface area is 135 Å². The number of carbonyl (C=O) groups excluding carboxylic acids is 1. The molecule has 2 aromatic carbocycles. The van der Waals surface area contributed by atoms with Crippen LogP contribution in [0.5, 0.6) is 11.5 Å². The van der Waals surface area contributed by atoms with Crippen molar-refractivity contribution in [1.29, 1.82) is 0 Å². The molecule has 0 unspecified atom stereocenters. The second kappa shape index (κ2) is 6.05. The molecule has 0 amide bonds. The van der Waals surface area contributed by atoms with Crippen molar-refractivity contribution in [3.63, 3.8) is 0 Å². The van der Waals surface area contributed by atoms with E-state index in [0.29, 0.717) is 13.0 Å². The third-order valence-electron chi connectivity index (χ3n) is 4.45. The Balaban J connectivity index is 1.37. The molecule has 4 rings (SSSR count). The molecule has 23 heavy (non-hydrogen) atoms. The van der Waals surface area contributed by atoms with Crippen LogP contribution in [0.25, 0.3) is 0 Å². The Bertz CT molecular complexity index is 741. The minimum absolute atomic E-state index is 0.239. The van der Waals surface area contributed by atoms with Crippen molar-refractivity contribution in [2.75, 3.05) is 19.9 Å². The van der Waals surface area contributed by atoms with Gasteiger partial charge in [0.2, 0.25) is 6.79 Å². The number of hydrogen-bond acceptors (Lipinski definition) is 4. The van der Waals surface area contributed by atoms with E-state index in [9.17, 15) is 4.79 Å². The zero-order valence-corrected chi connectivity index (χ0v) is 13.0. The average molecular weight is 309 g/mol. The summed E-state index contributed by atoms with van der Waals surface area (Å²) in [6.07, 6.45) is 1.46. The van der Waals surface area contributed by atoms with Crippen molar-refractivity contribution in [2.24, 2.45) is 0 Å². The molecule has 0 aromatic heterocycles. The monoisotopic (exact) mass is 309 g/mol. The number of Topliss-reactive ketones (excluding diaryl/α,β-unsaturated/α-hetero) is 1. The summed E-state index contributed by atoms with van der Waals surface area (Å²) in [5.41, 5.74) is 3.73. The van der Waals surface area contributed by atoms with Gasteiger partial charge in [0.15, 0.2) is 17.3 Å². The summed E-state index contributed by atoms with van der Waals surface area (Å²) in [6, 6.07) is 14.2. The number of hydrogen-bond donors (Lipinski definition) is 0. The summed E-state index contributed by atoms with van der Waals surface area (Å²) in [5.74, 6) is 1.74. The van der Waals surface area contributed by atoms with E-state index in [1.165, 1.54) is 11.1 Å². The van der Waals surface area contributed by atoms with Gasteiger partial charge in [-0.15, -0.1) is 0 Å². The Hall–Kier alpha value is -2.33. The molecule has 0 bridgehead atoms. The lowest BCUT2D eigenvalue weighted by molar-refractivity contribution is -0.119. The quantitative estimate of drug-likeness (QED) is 0.870. The molecule has 0 radical (unpaired) electrons. The van der Waals surface area contributed by atoms with E-state index in [1.807, 2.05) is 18.2 Å². The topological polar surface area (TPSA) is 38.8 Å². The fraction of sp³-hybridized carbons (Fsp3) is 0.316. The first kappa shape index (κ1) is 14.3. The van der Waals surface area contributed by atoms with Gasteiger partial charge in [-0.05, 0) is 35.2 Å². The lowest BCUT2D eigenvalue weighted by Crippen LogP contribution is -2.35. The van der Waals surface area contributed by atoms with Crippen molar-refractivity contribution in [3.05, 3.63) is 59.2 Å². The third kappa shape index (κ3) is 3.08. The van der Waals surface area contributed by atoms with Gasteiger partial charge in [-0.3, -0.25) is 9.69 Å². The van der Waals surface area contributed by atoms with Gasteiger partial charge in [0.25, 0.3) is 0 Å². The van der Waals surface area contributed by atoms with Crippen LogP contribution in [0.15, 0.2) is 42.5 Å². The van der Waals surface area contributed by atoms with Crippen LogP contribution in [0.4, 0.5) is 0 Å². The summed E-state index contributed by atoms with van der Waals surface area (Å²) in [7, 11) is 0. The first-order chi connectivity index (χ1) is 11.3. The number of ether oxygens (including phenoxy) is 2. The van der Waals surface area contributed by atoms with E-state index < -0.39 is 0 Å². The molecule has 0 fully saturated rings. The van der Waals surface area contributed by atoms with Gasteiger partial charge in [-0.25, -0.2) is 0 Å². The van der Waals surface area contributed by atoms with E-state index in [0.717, 1.165) is 36.6 Å². The molecule has 2 aliphatic rings. The SMILES string of the molecule is O=C(Cc1ccc2c(c1)OCO2)CN1CCc2ccccc2C1. The standard InChI is InChI=1S/C19H19NO3/c21-17(9-14-5-6-18-19(10-14)23-13-22-18)12-20-8-7-15-3-1-2-4-16(15)11-20/h1-6,10H,7-9,11-13H2. The first-order valence-electron chi connectivity index (χ1n) is 7.97. The van der Waals surface area contributed by atoms with Crippen LogP contribution in [0.3, 0.4) is 0 Å². The average Bonchev–Trinajstić information content (AvgIpc) is 3.02. The molecule has 0 N–H and O–H groups in total. The Morgan fingerprint density at radius 1 is 1.04 bits per heavy atom. The molecule has 0 atom stereocenters. The fourth-order valence-electron chi connectivity index (χ4n) is 3.27. The second-order valence-electron chi connectivity index (χ2n) is 6.13. The van der Waals surface area contributed by atoms with Gasteiger partial charge < -0.3 is 9.47 Å². The van der Waals surface area contributed by atoms with Gasteiger partial charge in [0, 0.05) is 19.5 Å². The highest BCUT2D eigenvalue weighted by atomic mass is 16.7. The number of benzene rings is 2. The number of nitrogens with zero attached hydrogens (tertiary/aromatic N) is 1. The maximum absolute atomic E-state index is 12.4. The zero-order valence-electron chi connectivity index (χ0n) is 13.0. The second-order valence-corrected chi connectivity index (χ2v) is 6.13. The molecule has 2 aromatic rings. The van der Waals surface area contributed by atoms with Crippen LogP contribution >= 0.6 is 0 Å². The van der Waals surface area contributed by atoms with Crippen LogP contribution in [0.1, 0.15) is 16.7 Å². The zero-order chi connectivity index (χ0) is 15.6. The molecule has 4 nitrogen and oxygen atoms in total. The molecule has 4 heteroatoms.